The fourth-order valence-electron chi connectivity index (χ4n) is 2.14. The lowest BCUT2D eigenvalue weighted by Crippen LogP contribution is -2.33. The molecule has 2 rings (SSSR count). The van der Waals surface area contributed by atoms with Crippen LogP contribution in [0.1, 0.15) is 18.1 Å². The summed E-state index contributed by atoms with van der Waals surface area (Å²) >= 11 is 0. The van der Waals surface area contributed by atoms with E-state index >= 15 is 0 Å². The van der Waals surface area contributed by atoms with Gasteiger partial charge in [-0.1, -0.05) is 24.3 Å². The van der Waals surface area contributed by atoms with Gasteiger partial charge in [0, 0.05) is 19.6 Å². The van der Waals surface area contributed by atoms with Crippen LogP contribution in [0.25, 0.3) is 0 Å². The van der Waals surface area contributed by atoms with E-state index in [0.717, 1.165) is 26.1 Å². The Kier molecular flexibility index (Phi) is 3.03. The van der Waals surface area contributed by atoms with Gasteiger partial charge in [-0.15, -0.1) is 0 Å². The first-order chi connectivity index (χ1) is 7.29. The maximum absolute atomic E-state index is 8.78. The largest absolute Gasteiger partial charge is 0.297 e. The molecule has 78 valence electrons. The number of fused-ring (bicyclic) bond motifs is 1. The van der Waals surface area contributed by atoms with Crippen molar-refractivity contribution >= 4 is 0 Å². The molecule has 0 amide bonds. The predicted octanol–water partition coefficient (Wildman–Crippen LogP) is 2.20. The first kappa shape index (κ1) is 10.2. The lowest BCUT2D eigenvalue weighted by molar-refractivity contribution is 0.237. The fourth-order valence-corrected chi connectivity index (χ4v) is 2.14. The smallest absolute Gasteiger partial charge is 0.0666 e. The Morgan fingerprint density at radius 3 is 2.87 bits per heavy atom. The molecule has 0 N–H and O–H groups in total. The molecule has 1 aliphatic rings. The van der Waals surface area contributed by atoms with Crippen molar-refractivity contribution in [1.29, 1.82) is 5.26 Å². The van der Waals surface area contributed by atoms with Crippen LogP contribution in [-0.2, 0) is 13.0 Å². The Morgan fingerprint density at radius 1 is 1.40 bits per heavy atom. The highest BCUT2D eigenvalue weighted by Crippen LogP contribution is 2.18. The zero-order chi connectivity index (χ0) is 10.7. The first-order valence-electron chi connectivity index (χ1n) is 5.48. The van der Waals surface area contributed by atoms with Crippen LogP contribution in [0.4, 0.5) is 0 Å². The third-order valence-electron chi connectivity index (χ3n) is 2.96. The van der Waals surface area contributed by atoms with Crippen LogP contribution in [0.3, 0.4) is 0 Å². The predicted molar refractivity (Wildman–Crippen MR) is 60.2 cm³/mol. The molecule has 1 atom stereocenters. The third-order valence-corrected chi connectivity index (χ3v) is 2.96. The van der Waals surface area contributed by atoms with E-state index in [1.807, 2.05) is 6.92 Å². The van der Waals surface area contributed by atoms with Crippen LogP contribution < -0.4 is 0 Å². The minimum atomic E-state index is 0.135. The second-order valence-corrected chi connectivity index (χ2v) is 4.28. The minimum Gasteiger partial charge on any atom is -0.297 e. The molecule has 0 bridgehead atoms. The van der Waals surface area contributed by atoms with E-state index in [2.05, 4.69) is 35.2 Å². The zero-order valence-corrected chi connectivity index (χ0v) is 9.11. The van der Waals surface area contributed by atoms with Crippen LogP contribution in [0.15, 0.2) is 24.3 Å². The van der Waals surface area contributed by atoms with Gasteiger partial charge < -0.3 is 0 Å². The molecular weight excluding hydrogens is 184 g/mol. The van der Waals surface area contributed by atoms with Crippen LogP contribution in [0, 0.1) is 17.2 Å². The maximum atomic E-state index is 8.78. The highest BCUT2D eigenvalue weighted by atomic mass is 15.1. The summed E-state index contributed by atoms with van der Waals surface area (Å²) in [4.78, 5) is 2.37. The molecule has 1 aliphatic heterocycles. The van der Waals surface area contributed by atoms with Crippen LogP contribution >= 0.6 is 0 Å². The van der Waals surface area contributed by atoms with E-state index in [9.17, 15) is 0 Å². The Bertz CT molecular complexity index is 378. The van der Waals surface area contributed by atoms with Gasteiger partial charge >= 0.3 is 0 Å². The highest BCUT2D eigenvalue weighted by molar-refractivity contribution is 5.29. The number of nitrogens with zero attached hydrogens (tertiary/aromatic N) is 2. The van der Waals surface area contributed by atoms with Crippen LogP contribution in [-0.4, -0.2) is 18.0 Å². The molecule has 1 heterocycles. The molecule has 0 spiro atoms. The Hall–Kier alpha value is -1.33. The van der Waals surface area contributed by atoms with E-state index in [1.54, 1.807) is 0 Å². The summed E-state index contributed by atoms with van der Waals surface area (Å²) in [5.74, 6) is 0.135. The normalized spacial score (nSPS) is 17.9. The monoisotopic (exact) mass is 200 g/mol. The molecule has 0 saturated carbocycles. The molecule has 0 unspecified atom stereocenters. The van der Waals surface area contributed by atoms with E-state index in [-0.39, 0.29) is 5.92 Å². The van der Waals surface area contributed by atoms with Crippen LogP contribution in [0.5, 0.6) is 0 Å². The summed E-state index contributed by atoms with van der Waals surface area (Å²) in [5, 5.41) is 8.78. The first-order valence-corrected chi connectivity index (χ1v) is 5.48. The summed E-state index contributed by atoms with van der Waals surface area (Å²) in [5.41, 5.74) is 2.90. The van der Waals surface area contributed by atoms with Crippen molar-refractivity contribution in [2.24, 2.45) is 5.92 Å². The van der Waals surface area contributed by atoms with Gasteiger partial charge in [-0.3, -0.25) is 4.90 Å². The second-order valence-electron chi connectivity index (χ2n) is 4.28. The molecule has 0 radical (unpaired) electrons. The quantitative estimate of drug-likeness (QED) is 0.731. The highest BCUT2D eigenvalue weighted by Gasteiger charge is 2.16. The number of nitriles is 1. The summed E-state index contributed by atoms with van der Waals surface area (Å²) in [6, 6.07) is 10.9. The average Bonchev–Trinajstić information content (AvgIpc) is 2.29. The van der Waals surface area contributed by atoms with E-state index in [0.29, 0.717) is 0 Å². The van der Waals surface area contributed by atoms with Gasteiger partial charge in [-0.25, -0.2) is 0 Å². The van der Waals surface area contributed by atoms with Crippen molar-refractivity contribution in [2.75, 3.05) is 13.1 Å². The average molecular weight is 200 g/mol. The minimum absolute atomic E-state index is 0.135. The molecule has 0 saturated heterocycles. The van der Waals surface area contributed by atoms with Gasteiger partial charge in [0.05, 0.1) is 12.0 Å². The molecule has 1 aromatic carbocycles. The zero-order valence-electron chi connectivity index (χ0n) is 9.11. The van der Waals surface area contributed by atoms with Crippen molar-refractivity contribution in [2.45, 2.75) is 19.9 Å². The maximum Gasteiger partial charge on any atom is 0.0666 e. The van der Waals surface area contributed by atoms with Crippen LogP contribution in [0.2, 0.25) is 0 Å². The second kappa shape index (κ2) is 4.46. The van der Waals surface area contributed by atoms with Gasteiger partial charge in [-0.2, -0.15) is 5.26 Å². The SMILES string of the molecule is C[C@H](C#N)CN1CCc2ccccc2C1. The van der Waals surface area contributed by atoms with Crippen molar-refractivity contribution < 1.29 is 0 Å². The Morgan fingerprint density at radius 2 is 2.13 bits per heavy atom. The number of hydrogen-bond acceptors (Lipinski definition) is 2. The number of rotatable bonds is 2. The van der Waals surface area contributed by atoms with Gasteiger partial charge in [-0.05, 0) is 24.5 Å². The lowest BCUT2D eigenvalue weighted by Gasteiger charge is -2.29. The van der Waals surface area contributed by atoms with Gasteiger partial charge in [0.25, 0.3) is 0 Å². The molecule has 0 aromatic heterocycles. The van der Waals surface area contributed by atoms with Crippen molar-refractivity contribution in [1.82, 2.24) is 4.90 Å². The van der Waals surface area contributed by atoms with E-state index in [1.165, 1.54) is 11.1 Å². The van der Waals surface area contributed by atoms with Crippen molar-refractivity contribution in [3.63, 3.8) is 0 Å². The summed E-state index contributed by atoms with van der Waals surface area (Å²) in [7, 11) is 0. The topological polar surface area (TPSA) is 27.0 Å². The summed E-state index contributed by atoms with van der Waals surface area (Å²) in [6.07, 6.45) is 1.12. The van der Waals surface area contributed by atoms with E-state index < -0.39 is 0 Å². The molecular formula is C13H16N2. The third kappa shape index (κ3) is 2.37. The summed E-state index contributed by atoms with van der Waals surface area (Å²) in [6.45, 7) is 4.97. The number of hydrogen-bond donors (Lipinski definition) is 0. The standard InChI is InChI=1S/C13H16N2/c1-11(8-14)9-15-7-6-12-4-2-3-5-13(12)10-15/h2-5,11H,6-7,9-10H2,1H3/t11-/m1/s1. The fraction of sp³-hybridized carbons (Fsp3) is 0.462. The summed E-state index contributed by atoms with van der Waals surface area (Å²) < 4.78 is 0. The van der Waals surface area contributed by atoms with Gasteiger partial charge in [0.1, 0.15) is 0 Å². The van der Waals surface area contributed by atoms with E-state index in [4.69, 9.17) is 5.26 Å². The number of benzene rings is 1. The molecule has 1 aromatic rings. The molecule has 15 heavy (non-hydrogen) atoms. The molecule has 0 fully saturated rings. The molecule has 2 heteroatoms. The van der Waals surface area contributed by atoms with Gasteiger partial charge in [0.15, 0.2) is 0 Å². The Labute approximate surface area is 91.1 Å². The van der Waals surface area contributed by atoms with Crippen molar-refractivity contribution in [3.05, 3.63) is 35.4 Å². The lowest BCUT2D eigenvalue weighted by atomic mass is 9.99. The molecule has 2 nitrogen and oxygen atoms in total. The van der Waals surface area contributed by atoms with Gasteiger partial charge in [0.2, 0.25) is 0 Å². The van der Waals surface area contributed by atoms with Crippen molar-refractivity contribution in [3.8, 4) is 6.07 Å². The molecule has 0 aliphatic carbocycles. The Balaban J connectivity index is 2.03.